The number of carbonyl (C=O) groups excluding carboxylic acids is 4. The Morgan fingerprint density at radius 2 is 1.60 bits per heavy atom. The molecule has 0 bridgehead atoms. The molecule has 1 saturated heterocycles. The van der Waals surface area contributed by atoms with E-state index in [9.17, 15) is 24.3 Å². The number of hydrogen-bond donors (Lipinski definition) is 1. The second-order valence-corrected chi connectivity index (χ2v) is 10.3. The van der Waals surface area contributed by atoms with E-state index in [1.165, 1.54) is 20.8 Å². The third-order valence-corrected chi connectivity index (χ3v) is 7.85. The highest BCUT2D eigenvalue weighted by atomic mass is 16.6. The average Bonchev–Trinajstić information content (AvgIpc) is 2.95. The number of carbonyl (C=O) groups is 4. The Kier molecular flexibility index (Phi) is 7.50. The molecule has 0 saturated carbocycles. The third kappa shape index (κ3) is 4.75. The van der Waals surface area contributed by atoms with Crippen molar-refractivity contribution < 1.29 is 43.2 Å². The van der Waals surface area contributed by atoms with E-state index in [1.54, 1.807) is 13.0 Å². The number of aliphatic hydroxyl groups is 1. The largest absolute Gasteiger partial charge is 0.462 e. The van der Waals surface area contributed by atoms with Gasteiger partial charge in [-0.2, -0.15) is 0 Å². The molecule has 3 rings (SSSR count). The summed E-state index contributed by atoms with van der Waals surface area (Å²) in [5, 5.41) is 12.2. The van der Waals surface area contributed by atoms with E-state index in [4.69, 9.17) is 18.9 Å². The summed E-state index contributed by atoms with van der Waals surface area (Å²) in [6, 6.07) is 0. The van der Waals surface area contributed by atoms with Gasteiger partial charge in [0.15, 0.2) is 11.7 Å². The molecule has 1 N–H and O–H groups in total. The maximum atomic E-state index is 12.7. The number of allylic oxidation sites excluding steroid dienone is 1. The molecule has 9 heteroatoms. The molecule has 1 fully saturated rings. The van der Waals surface area contributed by atoms with Gasteiger partial charge in [-0.1, -0.05) is 24.1 Å². The molecule has 1 aliphatic heterocycles. The van der Waals surface area contributed by atoms with Gasteiger partial charge in [0, 0.05) is 33.1 Å². The summed E-state index contributed by atoms with van der Waals surface area (Å²) in [6.07, 6.45) is 0.977. The fraction of sp³-hybridized carbons (Fsp3) is 0.692. The molecular weight excluding hydrogens is 456 g/mol. The first-order chi connectivity index (χ1) is 16.2. The van der Waals surface area contributed by atoms with Crippen LogP contribution in [0.5, 0.6) is 0 Å². The van der Waals surface area contributed by atoms with Crippen molar-refractivity contribution in [1.82, 2.24) is 0 Å². The van der Waals surface area contributed by atoms with Crippen LogP contribution in [0.2, 0.25) is 0 Å². The van der Waals surface area contributed by atoms with Crippen molar-refractivity contribution in [2.75, 3.05) is 0 Å². The molecule has 0 aromatic heterocycles. The monoisotopic (exact) mass is 492 g/mol. The van der Waals surface area contributed by atoms with Crippen LogP contribution in [-0.2, 0) is 38.1 Å². The first kappa shape index (κ1) is 26.9. The molecule has 0 aromatic carbocycles. The number of ether oxygens (including phenoxy) is 4. The van der Waals surface area contributed by atoms with Gasteiger partial charge >= 0.3 is 23.9 Å². The second-order valence-electron chi connectivity index (χ2n) is 10.3. The van der Waals surface area contributed by atoms with Crippen LogP contribution >= 0.6 is 0 Å². The number of esters is 4. The highest BCUT2D eigenvalue weighted by molar-refractivity contribution is 5.77. The van der Waals surface area contributed by atoms with Crippen LogP contribution in [0.25, 0.3) is 0 Å². The smallest absolute Gasteiger partial charge is 0.312 e. The van der Waals surface area contributed by atoms with Crippen molar-refractivity contribution in [2.24, 2.45) is 17.3 Å². The van der Waals surface area contributed by atoms with Crippen LogP contribution in [0.4, 0.5) is 0 Å². The maximum Gasteiger partial charge on any atom is 0.312 e. The Hall–Kier alpha value is -2.68. The van der Waals surface area contributed by atoms with Crippen LogP contribution in [0.1, 0.15) is 67.7 Å². The molecule has 0 radical (unpaired) electrons. The minimum absolute atomic E-state index is 0.352. The summed E-state index contributed by atoms with van der Waals surface area (Å²) in [4.78, 5) is 49.4. The van der Waals surface area contributed by atoms with Crippen LogP contribution < -0.4 is 0 Å². The first-order valence-electron chi connectivity index (χ1n) is 12.0. The Labute approximate surface area is 205 Å². The zero-order chi connectivity index (χ0) is 26.3. The standard InChI is InChI=1S/C26H36O9/c1-13-8-10-19(32-16(4)27)25(7)20(33-17(5)28)11-9-14(2)22(25)23(34-18(6)29)26(31)15(3)24(30)35-21(26)12-13/h9,12,15,19-23,31H,8,10-11H2,1-7H3/t15-,19+,20-,21-,22+,23+,25-,26-/m0/s1. The number of rotatable bonds is 3. The molecule has 8 atom stereocenters. The lowest BCUT2D eigenvalue weighted by atomic mass is 9.56. The van der Waals surface area contributed by atoms with Crippen LogP contribution in [0, 0.1) is 17.3 Å². The van der Waals surface area contributed by atoms with Crippen LogP contribution in [0.15, 0.2) is 23.3 Å². The van der Waals surface area contributed by atoms with E-state index >= 15 is 0 Å². The molecule has 194 valence electrons. The van der Waals surface area contributed by atoms with Crippen LogP contribution in [0.3, 0.4) is 0 Å². The molecule has 0 aromatic rings. The van der Waals surface area contributed by atoms with Crippen LogP contribution in [-0.4, -0.2) is 59.0 Å². The summed E-state index contributed by atoms with van der Waals surface area (Å²) < 4.78 is 23.0. The lowest BCUT2D eigenvalue weighted by molar-refractivity contribution is -0.216. The van der Waals surface area contributed by atoms with Crippen molar-refractivity contribution in [3.8, 4) is 0 Å². The summed E-state index contributed by atoms with van der Waals surface area (Å²) in [5.74, 6) is -4.05. The fourth-order valence-electron chi connectivity index (χ4n) is 6.05. The lowest BCUT2D eigenvalue weighted by Crippen LogP contribution is -2.65. The van der Waals surface area contributed by atoms with Gasteiger partial charge < -0.3 is 24.1 Å². The highest BCUT2D eigenvalue weighted by Crippen LogP contribution is 2.55. The molecule has 35 heavy (non-hydrogen) atoms. The van der Waals surface area contributed by atoms with Gasteiger partial charge in [-0.05, 0) is 39.7 Å². The van der Waals surface area contributed by atoms with Gasteiger partial charge in [0.1, 0.15) is 18.3 Å². The Bertz CT molecular complexity index is 966. The van der Waals surface area contributed by atoms with Gasteiger partial charge in [0.2, 0.25) is 0 Å². The Morgan fingerprint density at radius 3 is 2.17 bits per heavy atom. The van der Waals surface area contributed by atoms with Gasteiger partial charge in [0.25, 0.3) is 0 Å². The predicted octanol–water partition coefficient (Wildman–Crippen LogP) is 2.79. The Morgan fingerprint density at radius 1 is 1.03 bits per heavy atom. The van der Waals surface area contributed by atoms with Crippen molar-refractivity contribution in [1.29, 1.82) is 0 Å². The zero-order valence-electron chi connectivity index (χ0n) is 21.5. The van der Waals surface area contributed by atoms with E-state index in [1.807, 2.05) is 26.8 Å². The summed E-state index contributed by atoms with van der Waals surface area (Å²) >= 11 is 0. The summed E-state index contributed by atoms with van der Waals surface area (Å²) in [5.41, 5.74) is -1.44. The second kappa shape index (κ2) is 9.76. The topological polar surface area (TPSA) is 125 Å². The van der Waals surface area contributed by atoms with Crippen molar-refractivity contribution in [2.45, 2.75) is 97.7 Å². The average molecular weight is 493 g/mol. The van der Waals surface area contributed by atoms with E-state index in [2.05, 4.69) is 0 Å². The molecule has 3 aliphatic rings. The van der Waals surface area contributed by atoms with E-state index in [0.717, 1.165) is 11.1 Å². The molecule has 9 nitrogen and oxygen atoms in total. The van der Waals surface area contributed by atoms with Crippen molar-refractivity contribution in [3.63, 3.8) is 0 Å². The summed E-state index contributed by atoms with van der Waals surface area (Å²) in [7, 11) is 0. The van der Waals surface area contributed by atoms with Gasteiger partial charge in [-0.25, -0.2) is 0 Å². The van der Waals surface area contributed by atoms with E-state index in [0.29, 0.717) is 19.3 Å². The maximum absolute atomic E-state index is 12.7. The predicted molar refractivity (Wildman–Crippen MR) is 124 cm³/mol. The lowest BCUT2D eigenvalue weighted by Gasteiger charge is -2.54. The third-order valence-electron chi connectivity index (χ3n) is 7.85. The van der Waals surface area contributed by atoms with Gasteiger partial charge in [-0.3, -0.25) is 19.2 Å². The molecule has 0 amide bonds. The molecule has 0 spiro atoms. The van der Waals surface area contributed by atoms with Crippen molar-refractivity contribution >= 4 is 23.9 Å². The number of fused-ring (bicyclic) bond motifs is 2. The SMILES string of the molecule is CC(=O)O[C@H]1CC=C(C)[C@@H]2[C@@H](OC(C)=O)[C@@]3(O)[C@H](C=C(C)CC[C@@H](OC(C)=O)[C@@]12C)OC(=O)[C@@H]3C. The Balaban J connectivity index is 2.34. The molecule has 0 unspecified atom stereocenters. The minimum atomic E-state index is -1.92. The summed E-state index contributed by atoms with van der Waals surface area (Å²) in [6.45, 7) is 10.9. The van der Waals surface area contributed by atoms with Gasteiger partial charge in [0.05, 0.1) is 11.3 Å². The molecule has 2 aliphatic carbocycles. The molecular formula is C26H36O9. The van der Waals surface area contributed by atoms with E-state index in [-0.39, 0.29) is 0 Å². The highest BCUT2D eigenvalue weighted by Gasteiger charge is 2.67. The quantitative estimate of drug-likeness (QED) is 0.359. The van der Waals surface area contributed by atoms with E-state index < -0.39 is 71.1 Å². The minimum Gasteiger partial charge on any atom is -0.462 e. The molecule has 1 heterocycles. The van der Waals surface area contributed by atoms with Crippen molar-refractivity contribution in [3.05, 3.63) is 23.3 Å². The first-order valence-corrected chi connectivity index (χ1v) is 12.0. The number of hydrogen-bond acceptors (Lipinski definition) is 9. The fourth-order valence-corrected chi connectivity index (χ4v) is 6.05. The normalized spacial score (nSPS) is 39.1. The van der Waals surface area contributed by atoms with Gasteiger partial charge in [-0.15, -0.1) is 0 Å². The zero-order valence-corrected chi connectivity index (χ0v) is 21.5.